The van der Waals surface area contributed by atoms with E-state index in [4.69, 9.17) is 5.11 Å². The fourth-order valence-corrected chi connectivity index (χ4v) is 1.70. The average molecular weight is 247 g/mol. The minimum absolute atomic E-state index is 0.0138. The zero-order chi connectivity index (χ0) is 13.5. The summed E-state index contributed by atoms with van der Waals surface area (Å²) in [7, 11) is 0. The fraction of sp³-hybridized carbons (Fsp3) is 0.357. The molecule has 96 valence electrons. The third kappa shape index (κ3) is 4.91. The highest BCUT2D eigenvalue weighted by Gasteiger charge is 2.17. The Kier molecular flexibility index (Phi) is 5.24. The molecule has 4 heteroatoms. The van der Waals surface area contributed by atoms with Gasteiger partial charge < -0.3 is 5.11 Å². The Morgan fingerprint density at radius 2 is 1.83 bits per heavy atom. The third-order valence-electron chi connectivity index (χ3n) is 2.44. The van der Waals surface area contributed by atoms with Crippen molar-refractivity contribution in [2.45, 2.75) is 32.7 Å². The highest BCUT2D eigenvalue weighted by Crippen LogP contribution is 2.07. The normalized spacial score (nSPS) is 13.1. The van der Waals surface area contributed by atoms with Crippen LogP contribution in [-0.4, -0.2) is 28.6 Å². The van der Waals surface area contributed by atoms with Gasteiger partial charge in [0.25, 0.3) is 0 Å². The average Bonchev–Trinajstić information content (AvgIpc) is 2.28. The van der Waals surface area contributed by atoms with E-state index in [-0.39, 0.29) is 12.2 Å². The van der Waals surface area contributed by atoms with Crippen LogP contribution in [0.25, 0.3) is 0 Å². The number of hydrogen-bond acceptors (Lipinski definition) is 3. The Morgan fingerprint density at radius 3 is 2.33 bits per heavy atom. The molecule has 0 fully saturated rings. The molecule has 0 spiro atoms. The molecular formula is C14H17NO3. The molecule has 0 aliphatic carbocycles. The van der Waals surface area contributed by atoms with Gasteiger partial charge in [0.2, 0.25) is 0 Å². The van der Waals surface area contributed by atoms with E-state index in [0.29, 0.717) is 12.1 Å². The van der Waals surface area contributed by atoms with Crippen molar-refractivity contribution < 1.29 is 14.7 Å². The van der Waals surface area contributed by atoms with Crippen molar-refractivity contribution in [3.05, 3.63) is 35.9 Å². The second-order valence-electron chi connectivity index (χ2n) is 4.29. The highest BCUT2D eigenvalue weighted by molar-refractivity contribution is 6.00. The van der Waals surface area contributed by atoms with Gasteiger partial charge in [-0.05, 0) is 19.4 Å². The number of carbonyl (C=O) groups excluding carboxylic acids is 1. The Morgan fingerprint density at radius 1 is 1.22 bits per heavy atom. The number of carboxylic acid groups (broad SMARTS) is 1. The van der Waals surface area contributed by atoms with Crippen LogP contribution < -0.4 is 0 Å². The van der Waals surface area contributed by atoms with Crippen molar-refractivity contribution in [3.8, 4) is 0 Å². The summed E-state index contributed by atoms with van der Waals surface area (Å²) in [6, 6.07) is 8.51. The van der Waals surface area contributed by atoms with E-state index >= 15 is 0 Å². The number of benzene rings is 1. The smallest absolute Gasteiger partial charge is 0.328 e. The molecule has 1 aromatic carbocycles. The molecule has 0 saturated carbocycles. The van der Waals surface area contributed by atoms with Crippen molar-refractivity contribution in [3.63, 3.8) is 0 Å². The summed E-state index contributed by atoms with van der Waals surface area (Å²) >= 11 is 0. The molecule has 1 aromatic rings. The number of hydrogen-bond donors (Lipinski definition) is 1. The predicted molar refractivity (Wildman–Crippen MR) is 70.0 cm³/mol. The van der Waals surface area contributed by atoms with Crippen molar-refractivity contribution in [1.82, 2.24) is 0 Å². The Balaban J connectivity index is 2.78. The lowest BCUT2D eigenvalue weighted by molar-refractivity contribution is -0.138. The Bertz CT molecular complexity index is 451. The summed E-state index contributed by atoms with van der Waals surface area (Å²) in [6.07, 6.45) is 0.546. The molecule has 4 nitrogen and oxygen atoms in total. The van der Waals surface area contributed by atoms with Crippen LogP contribution in [0.2, 0.25) is 0 Å². The minimum atomic E-state index is -0.971. The first-order valence-electron chi connectivity index (χ1n) is 5.78. The standard InChI is InChI=1S/C14H17NO3/c1-10(8-11(2)16)15-13(14(17)18)9-12-6-4-3-5-7-12/h3-7,13H,8-9H2,1-2H3,(H,17,18). The van der Waals surface area contributed by atoms with E-state index in [1.54, 1.807) is 6.92 Å². The summed E-state index contributed by atoms with van der Waals surface area (Å²) in [4.78, 5) is 26.2. The lowest BCUT2D eigenvalue weighted by Gasteiger charge is -2.09. The molecule has 0 heterocycles. The Hall–Kier alpha value is -1.97. The van der Waals surface area contributed by atoms with E-state index < -0.39 is 12.0 Å². The van der Waals surface area contributed by atoms with E-state index in [9.17, 15) is 9.59 Å². The summed E-state index contributed by atoms with van der Waals surface area (Å²) in [6.45, 7) is 3.15. The quantitative estimate of drug-likeness (QED) is 0.783. The molecule has 0 amide bonds. The van der Waals surface area contributed by atoms with Crippen LogP contribution in [0, 0.1) is 0 Å². The second kappa shape index (κ2) is 6.69. The molecule has 0 aliphatic rings. The summed E-state index contributed by atoms with van der Waals surface area (Å²) < 4.78 is 0. The van der Waals surface area contributed by atoms with Gasteiger partial charge in [-0.25, -0.2) is 4.79 Å². The van der Waals surface area contributed by atoms with E-state index in [0.717, 1.165) is 5.56 Å². The summed E-state index contributed by atoms with van der Waals surface area (Å²) in [5.41, 5.74) is 1.48. The molecule has 18 heavy (non-hydrogen) atoms. The van der Waals surface area contributed by atoms with Crippen LogP contribution in [0.3, 0.4) is 0 Å². The number of ketones is 1. The van der Waals surface area contributed by atoms with E-state index in [1.165, 1.54) is 6.92 Å². The van der Waals surface area contributed by atoms with Gasteiger partial charge in [0.1, 0.15) is 5.78 Å². The lowest BCUT2D eigenvalue weighted by Crippen LogP contribution is -2.22. The molecule has 1 rings (SSSR count). The summed E-state index contributed by atoms with van der Waals surface area (Å²) in [5.74, 6) is -0.984. The van der Waals surface area contributed by atoms with Crippen LogP contribution in [0.15, 0.2) is 35.3 Å². The SMILES string of the molecule is CC(=O)CC(C)=NC(Cc1ccccc1)C(=O)O. The van der Waals surface area contributed by atoms with Gasteiger partial charge in [-0.1, -0.05) is 30.3 Å². The van der Waals surface area contributed by atoms with Gasteiger partial charge in [0, 0.05) is 18.6 Å². The van der Waals surface area contributed by atoms with Gasteiger partial charge in [0.05, 0.1) is 0 Å². The van der Waals surface area contributed by atoms with Crippen molar-refractivity contribution in [1.29, 1.82) is 0 Å². The molecule has 0 saturated heterocycles. The van der Waals surface area contributed by atoms with Crippen molar-refractivity contribution in [2.75, 3.05) is 0 Å². The van der Waals surface area contributed by atoms with Gasteiger partial charge in [-0.2, -0.15) is 0 Å². The van der Waals surface area contributed by atoms with Gasteiger partial charge >= 0.3 is 5.97 Å². The first kappa shape index (κ1) is 14.1. The van der Waals surface area contributed by atoms with Crippen LogP contribution >= 0.6 is 0 Å². The number of nitrogens with zero attached hydrogens (tertiary/aromatic N) is 1. The highest BCUT2D eigenvalue weighted by atomic mass is 16.4. The first-order chi connectivity index (χ1) is 8.49. The maximum Gasteiger partial charge on any atom is 0.328 e. The maximum atomic E-state index is 11.1. The van der Waals surface area contributed by atoms with Crippen molar-refractivity contribution >= 4 is 17.5 Å². The van der Waals surface area contributed by atoms with Crippen LogP contribution in [0.4, 0.5) is 0 Å². The Labute approximate surface area is 106 Å². The van der Waals surface area contributed by atoms with Crippen molar-refractivity contribution in [2.24, 2.45) is 4.99 Å². The minimum Gasteiger partial charge on any atom is -0.480 e. The number of Topliss-reactive ketones (excluding diaryl/α,β-unsaturated/α-hetero) is 1. The number of rotatable bonds is 6. The molecule has 1 N–H and O–H groups in total. The van der Waals surface area contributed by atoms with Gasteiger partial charge in [-0.3, -0.25) is 9.79 Å². The summed E-state index contributed by atoms with van der Waals surface area (Å²) in [5, 5.41) is 9.13. The largest absolute Gasteiger partial charge is 0.480 e. The fourth-order valence-electron chi connectivity index (χ4n) is 1.70. The third-order valence-corrected chi connectivity index (χ3v) is 2.44. The first-order valence-corrected chi connectivity index (χ1v) is 5.78. The maximum absolute atomic E-state index is 11.1. The zero-order valence-electron chi connectivity index (χ0n) is 10.6. The molecule has 0 aromatic heterocycles. The second-order valence-corrected chi connectivity index (χ2v) is 4.29. The van der Waals surface area contributed by atoms with E-state index in [2.05, 4.69) is 4.99 Å². The van der Waals surface area contributed by atoms with Gasteiger partial charge in [-0.15, -0.1) is 0 Å². The molecule has 1 atom stereocenters. The monoisotopic (exact) mass is 247 g/mol. The molecule has 0 aliphatic heterocycles. The number of carbonyl (C=O) groups is 2. The molecule has 0 radical (unpaired) electrons. The van der Waals surface area contributed by atoms with Crippen LogP contribution in [-0.2, 0) is 16.0 Å². The number of aliphatic carboxylic acids is 1. The zero-order valence-corrected chi connectivity index (χ0v) is 10.6. The number of carboxylic acids is 1. The van der Waals surface area contributed by atoms with Crippen LogP contribution in [0.1, 0.15) is 25.8 Å². The van der Waals surface area contributed by atoms with E-state index in [1.807, 2.05) is 30.3 Å². The topological polar surface area (TPSA) is 66.7 Å². The molecule has 0 bridgehead atoms. The predicted octanol–water partition coefficient (Wildman–Crippen LogP) is 2.12. The van der Waals surface area contributed by atoms with Gasteiger partial charge in [0.15, 0.2) is 6.04 Å². The molecular weight excluding hydrogens is 230 g/mol. The molecule has 1 unspecified atom stereocenters. The number of aliphatic imine (C=N–C) groups is 1. The van der Waals surface area contributed by atoms with Crippen LogP contribution in [0.5, 0.6) is 0 Å². The lowest BCUT2D eigenvalue weighted by atomic mass is 10.1.